The molecule has 0 heterocycles. The molecule has 6 heteroatoms. The number of amides is 1. The van der Waals surface area contributed by atoms with Gasteiger partial charge in [0.1, 0.15) is 0 Å². The molecule has 134 valence electrons. The molecule has 2 aromatic carbocycles. The zero-order valence-corrected chi connectivity index (χ0v) is 15.2. The van der Waals surface area contributed by atoms with Gasteiger partial charge in [-0.25, -0.2) is 0 Å². The van der Waals surface area contributed by atoms with E-state index in [9.17, 15) is 13.6 Å². The van der Waals surface area contributed by atoms with E-state index in [4.69, 9.17) is 0 Å². The minimum atomic E-state index is -2.52. The Balaban J connectivity index is 1.91. The normalized spacial score (nSPS) is 11.1. The van der Waals surface area contributed by atoms with Gasteiger partial charge in [-0.3, -0.25) is 9.69 Å². The molecule has 0 aromatic heterocycles. The van der Waals surface area contributed by atoms with Crippen LogP contribution in [0.4, 0.5) is 14.5 Å². The molecule has 0 aliphatic heterocycles. The Labute approximate surface area is 151 Å². The number of benzene rings is 2. The standard InChI is InChI=1S/C19H22F2N2OS/c1-3-14-8-10-15(11-9-14)12-23(2)13-18(24)22-16-6-4-5-7-17(16)25-19(20)21/h4-11,19H,3,12-13H2,1-2H3,(H,22,24). The predicted molar refractivity (Wildman–Crippen MR) is 99.1 cm³/mol. The topological polar surface area (TPSA) is 32.3 Å². The van der Waals surface area contributed by atoms with Gasteiger partial charge in [-0.05, 0) is 36.7 Å². The van der Waals surface area contributed by atoms with E-state index in [-0.39, 0.29) is 12.5 Å². The van der Waals surface area contributed by atoms with Gasteiger partial charge >= 0.3 is 0 Å². The van der Waals surface area contributed by atoms with E-state index in [0.29, 0.717) is 28.9 Å². The summed E-state index contributed by atoms with van der Waals surface area (Å²) in [5.74, 6) is -2.75. The summed E-state index contributed by atoms with van der Waals surface area (Å²) in [5.41, 5.74) is 2.82. The number of aryl methyl sites for hydroxylation is 1. The highest BCUT2D eigenvalue weighted by molar-refractivity contribution is 7.99. The first kappa shape index (κ1) is 19.4. The molecule has 0 aliphatic rings. The number of anilines is 1. The number of halogens is 2. The molecule has 0 bridgehead atoms. The highest BCUT2D eigenvalue weighted by atomic mass is 32.2. The Bertz CT molecular complexity index is 692. The van der Waals surface area contributed by atoms with Crippen LogP contribution in [-0.4, -0.2) is 30.2 Å². The number of nitrogens with zero attached hydrogens (tertiary/aromatic N) is 1. The third kappa shape index (κ3) is 6.48. The van der Waals surface area contributed by atoms with Crippen LogP contribution in [0.3, 0.4) is 0 Å². The Morgan fingerprint density at radius 3 is 2.40 bits per heavy atom. The number of likely N-dealkylation sites (N-methyl/N-ethyl adjacent to an activating group) is 1. The monoisotopic (exact) mass is 364 g/mol. The van der Waals surface area contributed by atoms with E-state index in [1.165, 1.54) is 5.56 Å². The predicted octanol–water partition coefficient (Wildman–Crippen LogP) is 4.63. The second kappa shape index (κ2) is 9.53. The molecule has 1 amide bonds. The Kier molecular flexibility index (Phi) is 7.40. The number of carbonyl (C=O) groups excluding carboxylic acids is 1. The number of hydrogen-bond acceptors (Lipinski definition) is 3. The average molecular weight is 364 g/mol. The van der Waals surface area contributed by atoms with Crippen LogP contribution < -0.4 is 5.32 Å². The quantitative estimate of drug-likeness (QED) is 0.693. The van der Waals surface area contributed by atoms with Crippen LogP contribution >= 0.6 is 11.8 Å². The molecule has 0 radical (unpaired) electrons. The van der Waals surface area contributed by atoms with Crippen molar-refractivity contribution in [3.05, 3.63) is 59.7 Å². The average Bonchev–Trinajstić information content (AvgIpc) is 2.56. The maximum atomic E-state index is 12.6. The summed E-state index contributed by atoms with van der Waals surface area (Å²) in [4.78, 5) is 14.5. The molecule has 0 atom stereocenters. The maximum absolute atomic E-state index is 12.6. The lowest BCUT2D eigenvalue weighted by Gasteiger charge is -2.17. The van der Waals surface area contributed by atoms with Gasteiger partial charge < -0.3 is 5.32 Å². The van der Waals surface area contributed by atoms with E-state index in [0.717, 1.165) is 12.0 Å². The highest BCUT2D eigenvalue weighted by Gasteiger charge is 2.13. The number of hydrogen-bond donors (Lipinski definition) is 1. The van der Waals surface area contributed by atoms with E-state index in [2.05, 4.69) is 36.5 Å². The lowest BCUT2D eigenvalue weighted by atomic mass is 10.1. The van der Waals surface area contributed by atoms with Crippen LogP contribution in [-0.2, 0) is 17.8 Å². The lowest BCUT2D eigenvalue weighted by molar-refractivity contribution is -0.117. The maximum Gasteiger partial charge on any atom is 0.288 e. The number of nitrogens with one attached hydrogen (secondary N) is 1. The van der Waals surface area contributed by atoms with Crippen molar-refractivity contribution in [3.8, 4) is 0 Å². The van der Waals surface area contributed by atoms with E-state index < -0.39 is 5.76 Å². The van der Waals surface area contributed by atoms with Crippen molar-refractivity contribution < 1.29 is 13.6 Å². The van der Waals surface area contributed by atoms with Crippen LogP contribution in [0.5, 0.6) is 0 Å². The summed E-state index contributed by atoms with van der Waals surface area (Å²) >= 11 is 0.430. The van der Waals surface area contributed by atoms with Crippen molar-refractivity contribution in [2.75, 3.05) is 18.9 Å². The summed E-state index contributed by atoms with van der Waals surface area (Å²) in [6.45, 7) is 2.93. The van der Waals surface area contributed by atoms with Gasteiger partial charge in [-0.15, -0.1) is 0 Å². The minimum Gasteiger partial charge on any atom is -0.324 e. The van der Waals surface area contributed by atoms with Crippen LogP contribution in [0.25, 0.3) is 0 Å². The number of alkyl halides is 2. The Hall–Kier alpha value is -1.92. The van der Waals surface area contributed by atoms with Gasteiger partial charge in [-0.1, -0.05) is 55.1 Å². The van der Waals surface area contributed by atoms with Crippen molar-refractivity contribution in [2.24, 2.45) is 0 Å². The molecule has 0 saturated heterocycles. The molecular formula is C19H22F2N2OS. The van der Waals surface area contributed by atoms with Crippen LogP contribution in [0.15, 0.2) is 53.4 Å². The van der Waals surface area contributed by atoms with Gasteiger partial charge in [0.25, 0.3) is 5.76 Å². The third-order valence-electron chi connectivity index (χ3n) is 3.67. The van der Waals surface area contributed by atoms with Gasteiger partial charge in [-0.2, -0.15) is 8.78 Å². The first-order chi connectivity index (χ1) is 12.0. The summed E-state index contributed by atoms with van der Waals surface area (Å²) in [6.07, 6.45) is 0.995. The molecule has 0 unspecified atom stereocenters. The van der Waals surface area contributed by atoms with Crippen LogP contribution in [0, 0.1) is 0 Å². The van der Waals surface area contributed by atoms with E-state index in [1.54, 1.807) is 24.3 Å². The SMILES string of the molecule is CCc1ccc(CN(C)CC(=O)Nc2ccccc2SC(F)F)cc1. The summed E-state index contributed by atoms with van der Waals surface area (Å²) in [5, 5.41) is 2.72. The second-order valence-corrected chi connectivity index (χ2v) is 6.80. The van der Waals surface area contributed by atoms with Gasteiger partial charge in [0, 0.05) is 11.4 Å². The summed E-state index contributed by atoms with van der Waals surface area (Å²) in [7, 11) is 1.85. The fourth-order valence-electron chi connectivity index (χ4n) is 2.45. The van der Waals surface area contributed by atoms with Crippen molar-refractivity contribution in [1.29, 1.82) is 0 Å². The van der Waals surface area contributed by atoms with E-state index in [1.807, 2.05) is 11.9 Å². The zero-order chi connectivity index (χ0) is 18.2. The molecule has 25 heavy (non-hydrogen) atoms. The van der Waals surface area contributed by atoms with Crippen molar-refractivity contribution >= 4 is 23.4 Å². The molecule has 0 spiro atoms. The molecule has 1 N–H and O–H groups in total. The smallest absolute Gasteiger partial charge is 0.288 e. The number of rotatable bonds is 8. The zero-order valence-electron chi connectivity index (χ0n) is 14.3. The van der Waals surface area contributed by atoms with Crippen LogP contribution in [0.2, 0.25) is 0 Å². The highest BCUT2D eigenvalue weighted by Crippen LogP contribution is 2.31. The van der Waals surface area contributed by atoms with Crippen molar-refractivity contribution in [1.82, 2.24) is 4.90 Å². The molecule has 2 aromatic rings. The molecular weight excluding hydrogens is 342 g/mol. The summed E-state index contributed by atoms with van der Waals surface area (Å²) < 4.78 is 25.2. The summed E-state index contributed by atoms with van der Waals surface area (Å²) in [6, 6.07) is 14.9. The molecule has 2 rings (SSSR count). The fraction of sp³-hybridized carbons (Fsp3) is 0.316. The Morgan fingerprint density at radius 1 is 1.12 bits per heavy atom. The number of thioether (sulfide) groups is 1. The van der Waals surface area contributed by atoms with Gasteiger partial charge in [0.2, 0.25) is 5.91 Å². The number of carbonyl (C=O) groups is 1. The van der Waals surface area contributed by atoms with Gasteiger partial charge in [0.15, 0.2) is 0 Å². The lowest BCUT2D eigenvalue weighted by Crippen LogP contribution is -2.30. The van der Waals surface area contributed by atoms with Gasteiger partial charge in [0.05, 0.1) is 12.2 Å². The largest absolute Gasteiger partial charge is 0.324 e. The molecule has 0 aliphatic carbocycles. The first-order valence-corrected chi connectivity index (χ1v) is 8.96. The molecule has 0 saturated carbocycles. The molecule has 0 fully saturated rings. The van der Waals surface area contributed by atoms with Crippen LogP contribution in [0.1, 0.15) is 18.1 Å². The second-order valence-electron chi connectivity index (χ2n) is 5.77. The van der Waals surface area contributed by atoms with Crippen molar-refractivity contribution in [2.45, 2.75) is 30.5 Å². The Morgan fingerprint density at radius 2 is 1.76 bits per heavy atom. The number of para-hydroxylation sites is 1. The minimum absolute atomic E-state index is 0.184. The first-order valence-electron chi connectivity index (χ1n) is 8.08. The third-order valence-corrected chi connectivity index (χ3v) is 4.46. The van der Waals surface area contributed by atoms with E-state index >= 15 is 0 Å². The molecule has 3 nitrogen and oxygen atoms in total. The van der Waals surface area contributed by atoms with Crippen molar-refractivity contribution in [3.63, 3.8) is 0 Å². The fourth-order valence-corrected chi connectivity index (χ4v) is 3.05.